The van der Waals surface area contributed by atoms with Crippen molar-refractivity contribution in [3.63, 3.8) is 0 Å². The van der Waals surface area contributed by atoms with E-state index < -0.39 is 0 Å². The van der Waals surface area contributed by atoms with E-state index >= 15 is 0 Å². The fourth-order valence-corrected chi connectivity index (χ4v) is 8.50. The Kier molecular flexibility index (Phi) is 5.51. The number of rotatable bonds is 3. The number of hydrogen-bond acceptors (Lipinski definition) is 3. The lowest BCUT2D eigenvalue weighted by Gasteiger charge is -2.10. The minimum atomic E-state index is 0.629. The maximum atomic E-state index is 9.79. The molecule has 0 saturated carbocycles. The lowest BCUT2D eigenvalue weighted by atomic mass is 9.93. The maximum absolute atomic E-state index is 9.79. The third-order valence-corrected chi connectivity index (χ3v) is 10.6. The molecule has 0 aliphatic rings. The highest BCUT2D eigenvalue weighted by molar-refractivity contribution is 7.25. The summed E-state index contributed by atoms with van der Waals surface area (Å²) in [5.41, 5.74) is 9.87. The van der Waals surface area contributed by atoms with Crippen molar-refractivity contribution in [2.45, 2.75) is 0 Å². The molecule has 0 unspecified atom stereocenters. The van der Waals surface area contributed by atoms with Gasteiger partial charge in [0.1, 0.15) is 5.58 Å². The molecule has 0 aliphatic heterocycles. The van der Waals surface area contributed by atoms with E-state index in [1.165, 1.54) is 25.7 Å². The summed E-state index contributed by atoms with van der Waals surface area (Å²) in [4.78, 5) is 0. The van der Waals surface area contributed by atoms with Crippen LogP contribution in [-0.2, 0) is 0 Å². The zero-order chi connectivity index (χ0) is 31.1. The molecular weight excluding hydrogens is 593 g/mol. The zero-order valence-electron chi connectivity index (χ0n) is 25.1. The van der Waals surface area contributed by atoms with E-state index in [2.05, 4.69) is 144 Å². The lowest BCUT2D eigenvalue weighted by Crippen LogP contribution is -1.94. The Balaban J connectivity index is 1.32. The van der Waals surface area contributed by atoms with Gasteiger partial charge < -0.3 is 8.98 Å². The standard InChI is InChI=1S/C43H24N2OS/c44-25-26-20-21-31-30-12-4-6-16-36(30)45(38(31)22-26)37-17-8-15-32-35-24-28(23-34(42(35)46-43(32)37)27-10-2-1-3-11-27)29-14-9-19-40-41(29)33-13-5-7-18-39(33)47-40/h1-24H. The molecule has 0 saturated heterocycles. The molecule has 218 valence electrons. The SMILES string of the molecule is N#Cc1ccc2c3ccccc3n(-c3cccc4c3oc3c(-c5ccccc5)cc(-c5cccc6sc7ccccc7c56)cc34)c2c1. The third kappa shape index (κ3) is 3.78. The van der Waals surface area contributed by atoms with Crippen LogP contribution in [0.4, 0.5) is 0 Å². The molecule has 0 N–H and O–H groups in total. The molecule has 0 bridgehead atoms. The van der Waals surface area contributed by atoms with Crippen LogP contribution in [0.1, 0.15) is 5.56 Å². The topological polar surface area (TPSA) is 41.9 Å². The Labute approximate surface area is 273 Å². The quantitative estimate of drug-likeness (QED) is 0.198. The first-order chi connectivity index (χ1) is 23.3. The summed E-state index contributed by atoms with van der Waals surface area (Å²) in [6.07, 6.45) is 0. The van der Waals surface area contributed by atoms with E-state index in [-0.39, 0.29) is 0 Å². The second-order valence-electron chi connectivity index (χ2n) is 12.0. The number of para-hydroxylation sites is 2. The smallest absolute Gasteiger partial charge is 0.159 e. The Morgan fingerprint density at radius 1 is 0.511 bits per heavy atom. The lowest BCUT2D eigenvalue weighted by molar-refractivity contribution is 0.667. The van der Waals surface area contributed by atoms with Gasteiger partial charge in [0, 0.05) is 47.3 Å². The highest BCUT2D eigenvalue weighted by Crippen LogP contribution is 2.45. The van der Waals surface area contributed by atoms with Crippen molar-refractivity contribution in [1.29, 1.82) is 5.26 Å². The summed E-state index contributed by atoms with van der Waals surface area (Å²) >= 11 is 1.84. The molecule has 0 atom stereocenters. The number of aromatic nitrogens is 1. The van der Waals surface area contributed by atoms with Gasteiger partial charge in [0.05, 0.1) is 28.4 Å². The van der Waals surface area contributed by atoms with Gasteiger partial charge in [0.25, 0.3) is 0 Å². The van der Waals surface area contributed by atoms with Gasteiger partial charge in [0.2, 0.25) is 0 Å². The van der Waals surface area contributed by atoms with Crippen LogP contribution in [0.2, 0.25) is 0 Å². The van der Waals surface area contributed by atoms with E-state index in [1.54, 1.807) is 0 Å². The summed E-state index contributed by atoms with van der Waals surface area (Å²) in [6, 6.07) is 53.5. The predicted molar refractivity (Wildman–Crippen MR) is 197 cm³/mol. The van der Waals surface area contributed by atoms with Crippen molar-refractivity contribution in [2.75, 3.05) is 0 Å². The minimum absolute atomic E-state index is 0.629. The molecule has 0 fully saturated rings. The first kappa shape index (κ1) is 26.1. The van der Waals surface area contributed by atoms with Crippen molar-refractivity contribution in [3.05, 3.63) is 151 Å². The van der Waals surface area contributed by atoms with Crippen molar-refractivity contribution < 1.29 is 4.42 Å². The monoisotopic (exact) mass is 616 g/mol. The van der Waals surface area contributed by atoms with Crippen molar-refractivity contribution in [3.8, 4) is 34.0 Å². The van der Waals surface area contributed by atoms with Crippen LogP contribution in [0.15, 0.2) is 150 Å². The van der Waals surface area contributed by atoms with E-state index in [4.69, 9.17) is 4.42 Å². The highest BCUT2D eigenvalue weighted by atomic mass is 32.1. The van der Waals surface area contributed by atoms with Gasteiger partial charge in [-0.2, -0.15) is 5.26 Å². The van der Waals surface area contributed by atoms with Gasteiger partial charge in [-0.15, -0.1) is 11.3 Å². The Bertz CT molecular complexity index is 2920. The largest absolute Gasteiger partial charge is 0.453 e. The molecule has 0 radical (unpaired) electrons. The number of furan rings is 1. The summed E-state index contributed by atoms with van der Waals surface area (Å²) in [7, 11) is 0. The fourth-order valence-electron chi connectivity index (χ4n) is 7.36. The van der Waals surface area contributed by atoms with E-state index in [0.717, 1.165) is 66.1 Å². The summed E-state index contributed by atoms with van der Waals surface area (Å²) in [5, 5.41) is 16.8. The predicted octanol–water partition coefficient (Wildman–Crippen LogP) is 12.3. The van der Waals surface area contributed by atoms with Gasteiger partial charge in [0.15, 0.2) is 5.58 Å². The van der Waals surface area contributed by atoms with Crippen LogP contribution in [0.3, 0.4) is 0 Å². The van der Waals surface area contributed by atoms with Crippen LogP contribution in [0.25, 0.3) is 91.9 Å². The molecule has 3 aromatic heterocycles. The van der Waals surface area contributed by atoms with E-state index in [9.17, 15) is 5.26 Å². The van der Waals surface area contributed by atoms with Gasteiger partial charge in [-0.25, -0.2) is 0 Å². The van der Waals surface area contributed by atoms with Crippen LogP contribution < -0.4 is 0 Å². The molecule has 0 spiro atoms. The van der Waals surface area contributed by atoms with Crippen molar-refractivity contribution in [1.82, 2.24) is 4.57 Å². The summed E-state index contributed by atoms with van der Waals surface area (Å²) in [5.74, 6) is 0. The van der Waals surface area contributed by atoms with Gasteiger partial charge in [-0.05, 0) is 65.2 Å². The minimum Gasteiger partial charge on any atom is -0.453 e. The van der Waals surface area contributed by atoms with Crippen LogP contribution in [0.5, 0.6) is 0 Å². The molecule has 4 heteroatoms. The third-order valence-electron chi connectivity index (χ3n) is 9.42. The van der Waals surface area contributed by atoms with Gasteiger partial charge in [-0.1, -0.05) is 97.1 Å². The summed E-state index contributed by atoms with van der Waals surface area (Å²) < 4.78 is 11.8. The van der Waals surface area contributed by atoms with Crippen molar-refractivity contribution in [2.24, 2.45) is 0 Å². The molecule has 7 aromatic carbocycles. The Hall–Kier alpha value is -6.15. The molecule has 3 heterocycles. The Morgan fingerprint density at radius 2 is 1.26 bits per heavy atom. The van der Waals surface area contributed by atoms with E-state index in [1.807, 2.05) is 23.5 Å². The summed E-state index contributed by atoms with van der Waals surface area (Å²) in [6.45, 7) is 0. The number of thiophene rings is 1. The van der Waals surface area contributed by atoms with Crippen molar-refractivity contribution >= 4 is 75.3 Å². The average molecular weight is 617 g/mol. The normalized spacial score (nSPS) is 11.8. The average Bonchev–Trinajstić information content (AvgIpc) is 3.81. The maximum Gasteiger partial charge on any atom is 0.159 e. The van der Waals surface area contributed by atoms with Crippen LogP contribution in [-0.4, -0.2) is 4.57 Å². The molecule has 10 aromatic rings. The molecule has 10 rings (SSSR count). The molecular formula is C43H24N2OS. The molecule has 0 aliphatic carbocycles. The zero-order valence-corrected chi connectivity index (χ0v) is 25.9. The van der Waals surface area contributed by atoms with Crippen LogP contribution >= 0.6 is 11.3 Å². The number of benzene rings is 7. The number of hydrogen-bond donors (Lipinski definition) is 0. The van der Waals surface area contributed by atoms with Crippen LogP contribution in [0, 0.1) is 11.3 Å². The number of fused-ring (bicyclic) bond motifs is 9. The van der Waals surface area contributed by atoms with Gasteiger partial charge in [-0.3, -0.25) is 0 Å². The first-order valence-electron chi connectivity index (χ1n) is 15.7. The molecule has 0 amide bonds. The number of nitrogens with zero attached hydrogens (tertiary/aromatic N) is 2. The second kappa shape index (κ2) is 9.92. The fraction of sp³-hybridized carbons (Fsp3) is 0. The molecule has 3 nitrogen and oxygen atoms in total. The Morgan fingerprint density at radius 3 is 2.15 bits per heavy atom. The number of nitriles is 1. The molecule has 47 heavy (non-hydrogen) atoms. The van der Waals surface area contributed by atoms with E-state index in [0.29, 0.717) is 5.56 Å². The van der Waals surface area contributed by atoms with Gasteiger partial charge >= 0.3 is 0 Å². The first-order valence-corrected chi connectivity index (χ1v) is 16.5. The second-order valence-corrected chi connectivity index (χ2v) is 13.1. The highest BCUT2D eigenvalue weighted by Gasteiger charge is 2.21.